The largest absolute Gasteiger partial charge is 0.344 e. The third-order valence-electron chi connectivity index (χ3n) is 2.82. The van der Waals surface area contributed by atoms with Crippen LogP contribution in [0, 0.1) is 5.41 Å². The van der Waals surface area contributed by atoms with Crippen molar-refractivity contribution in [3.8, 4) is 0 Å². The summed E-state index contributed by atoms with van der Waals surface area (Å²) in [6.07, 6.45) is 0. The number of likely N-dealkylation sites (N-methyl/N-ethyl adjacent to an activating group) is 1. The summed E-state index contributed by atoms with van der Waals surface area (Å²) < 4.78 is 26.3. The highest BCUT2D eigenvalue weighted by atomic mass is 35.5. The number of hydrogen-bond acceptors (Lipinski definition) is 5. The lowest BCUT2D eigenvalue weighted by molar-refractivity contribution is -0.129. The van der Waals surface area contributed by atoms with Crippen LogP contribution in [0.15, 0.2) is 21.7 Å². The van der Waals surface area contributed by atoms with E-state index in [9.17, 15) is 13.2 Å². The van der Waals surface area contributed by atoms with Gasteiger partial charge in [0.15, 0.2) is 0 Å². The predicted molar refractivity (Wildman–Crippen MR) is 87.2 cm³/mol. The molecule has 0 unspecified atom stereocenters. The molecule has 3 N–H and O–H groups in total. The minimum Gasteiger partial charge on any atom is -0.344 e. The van der Waals surface area contributed by atoms with Gasteiger partial charge in [0.05, 0.1) is 6.54 Å². The van der Waals surface area contributed by atoms with Crippen molar-refractivity contribution in [3.63, 3.8) is 0 Å². The lowest BCUT2D eigenvalue weighted by atomic mass is 9.93. The first-order valence-corrected chi connectivity index (χ1v) is 8.51. The molecule has 0 aliphatic rings. The topological polar surface area (TPSA) is 92.5 Å². The second-order valence-electron chi connectivity index (χ2n) is 5.37. The number of carbonyl (C=O) groups is 1. The van der Waals surface area contributed by atoms with Crippen LogP contribution in [0.4, 0.5) is 0 Å². The number of hydrogen-bond donors (Lipinski definition) is 2. The minimum absolute atomic E-state index is 0. The summed E-state index contributed by atoms with van der Waals surface area (Å²) in [6, 6.07) is 3.15. The third-order valence-corrected chi connectivity index (χ3v) is 5.62. The van der Waals surface area contributed by atoms with Crippen LogP contribution in [0.2, 0.25) is 0 Å². The SMILES string of the molecule is CN(CC(C)(C)CN)C(=O)CNS(=O)(=O)c1cccs1.Cl. The molecule has 0 atom stereocenters. The number of thiophene rings is 1. The van der Waals surface area contributed by atoms with Gasteiger partial charge in [0, 0.05) is 13.6 Å². The average Bonchev–Trinajstić information content (AvgIpc) is 2.90. The Kier molecular flexibility index (Phi) is 7.83. The molecule has 122 valence electrons. The van der Waals surface area contributed by atoms with Gasteiger partial charge in [0.25, 0.3) is 10.0 Å². The van der Waals surface area contributed by atoms with E-state index >= 15 is 0 Å². The Morgan fingerprint density at radius 2 is 2.10 bits per heavy atom. The summed E-state index contributed by atoms with van der Waals surface area (Å²) >= 11 is 1.11. The van der Waals surface area contributed by atoms with Crippen molar-refractivity contribution in [1.29, 1.82) is 0 Å². The first-order chi connectivity index (χ1) is 9.18. The van der Waals surface area contributed by atoms with Crippen LogP contribution >= 0.6 is 23.7 Å². The Morgan fingerprint density at radius 3 is 2.57 bits per heavy atom. The van der Waals surface area contributed by atoms with E-state index in [1.165, 1.54) is 11.0 Å². The molecule has 1 rings (SSSR count). The van der Waals surface area contributed by atoms with Gasteiger partial charge in [0.2, 0.25) is 5.91 Å². The number of amides is 1. The standard InChI is InChI=1S/C12H21N3O3S2.ClH/c1-12(2,8-13)9-15(3)10(16)7-14-20(17,18)11-5-4-6-19-11;/h4-6,14H,7-9,13H2,1-3H3;1H. The number of nitrogens with two attached hydrogens (primary N) is 1. The zero-order valence-corrected chi connectivity index (χ0v) is 14.8. The molecule has 6 nitrogen and oxygen atoms in total. The highest BCUT2D eigenvalue weighted by Crippen LogP contribution is 2.16. The lowest BCUT2D eigenvalue weighted by Gasteiger charge is -2.29. The molecule has 1 aromatic rings. The molecule has 21 heavy (non-hydrogen) atoms. The van der Waals surface area contributed by atoms with E-state index in [4.69, 9.17) is 5.73 Å². The summed E-state index contributed by atoms with van der Waals surface area (Å²) in [5.41, 5.74) is 5.42. The van der Waals surface area contributed by atoms with Crippen LogP contribution < -0.4 is 10.5 Å². The van der Waals surface area contributed by atoms with Crippen molar-refractivity contribution in [1.82, 2.24) is 9.62 Å². The molecule has 0 spiro atoms. The van der Waals surface area contributed by atoms with E-state index in [1.807, 2.05) is 13.8 Å². The van der Waals surface area contributed by atoms with Crippen molar-refractivity contribution in [2.75, 3.05) is 26.7 Å². The van der Waals surface area contributed by atoms with E-state index in [0.717, 1.165) is 11.3 Å². The van der Waals surface area contributed by atoms with Crippen LogP contribution in [-0.2, 0) is 14.8 Å². The number of halogens is 1. The smallest absolute Gasteiger partial charge is 0.250 e. The highest BCUT2D eigenvalue weighted by Gasteiger charge is 2.22. The fourth-order valence-electron chi connectivity index (χ4n) is 1.57. The monoisotopic (exact) mass is 355 g/mol. The van der Waals surface area contributed by atoms with Crippen LogP contribution in [0.3, 0.4) is 0 Å². The van der Waals surface area contributed by atoms with Crippen molar-refractivity contribution in [2.45, 2.75) is 18.1 Å². The molecule has 1 amide bonds. The molecule has 0 bridgehead atoms. The van der Waals surface area contributed by atoms with Crippen LogP contribution in [0.25, 0.3) is 0 Å². The Labute approximate surface area is 136 Å². The summed E-state index contributed by atoms with van der Waals surface area (Å²) in [5.74, 6) is -0.286. The highest BCUT2D eigenvalue weighted by molar-refractivity contribution is 7.91. The van der Waals surface area contributed by atoms with E-state index in [0.29, 0.717) is 13.1 Å². The maximum Gasteiger partial charge on any atom is 0.250 e. The molecular weight excluding hydrogens is 334 g/mol. The fraction of sp³-hybridized carbons (Fsp3) is 0.583. The van der Waals surface area contributed by atoms with Gasteiger partial charge in [-0.3, -0.25) is 4.79 Å². The van der Waals surface area contributed by atoms with Crippen molar-refractivity contribution in [3.05, 3.63) is 17.5 Å². The number of nitrogens with zero attached hydrogens (tertiary/aromatic N) is 1. The summed E-state index contributed by atoms with van der Waals surface area (Å²) in [5, 5.41) is 1.67. The second-order valence-corrected chi connectivity index (χ2v) is 8.32. The number of rotatable bonds is 7. The first kappa shape index (κ1) is 20.3. The summed E-state index contributed by atoms with van der Waals surface area (Å²) in [7, 11) is -1.96. The summed E-state index contributed by atoms with van der Waals surface area (Å²) in [4.78, 5) is 13.4. The molecule has 1 heterocycles. The van der Waals surface area contributed by atoms with Crippen LogP contribution in [0.1, 0.15) is 13.8 Å². The molecule has 0 aromatic carbocycles. The van der Waals surface area contributed by atoms with Gasteiger partial charge in [-0.1, -0.05) is 19.9 Å². The zero-order chi connectivity index (χ0) is 15.4. The van der Waals surface area contributed by atoms with Gasteiger partial charge in [-0.25, -0.2) is 13.1 Å². The van der Waals surface area contributed by atoms with E-state index < -0.39 is 10.0 Å². The predicted octanol–water partition coefficient (Wildman–Crippen LogP) is 0.892. The molecule has 0 saturated heterocycles. The van der Waals surface area contributed by atoms with Crippen molar-refractivity contribution >= 4 is 39.7 Å². The van der Waals surface area contributed by atoms with Crippen molar-refractivity contribution < 1.29 is 13.2 Å². The Morgan fingerprint density at radius 1 is 1.48 bits per heavy atom. The zero-order valence-electron chi connectivity index (χ0n) is 12.3. The molecule has 0 saturated carbocycles. The van der Waals surface area contributed by atoms with Gasteiger partial charge in [-0.15, -0.1) is 23.7 Å². The molecule has 0 aliphatic heterocycles. The van der Waals surface area contributed by atoms with Gasteiger partial charge in [-0.05, 0) is 23.4 Å². The molecule has 0 radical (unpaired) electrons. The number of sulfonamides is 1. The average molecular weight is 356 g/mol. The van der Waals surface area contributed by atoms with Gasteiger partial charge < -0.3 is 10.6 Å². The molecule has 0 aliphatic carbocycles. The third kappa shape index (κ3) is 6.31. The minimum atomic E-state index is -3.60. The lowest BCUT2D eigenvalue weighted by Crippen LogP contribution is -2.43. The quantitative estimate of drug-likeness (QED) is 0.759. The molecular formula is C12H22ClN3O3S2. The second kappa shape index (κ2) is 8.09. The maximum atomic E-state index is 11.9. The molecule has 1 aromatic heterocycles. The normalized spacial score (nSPS) is 11.8. The Hall–Kier alpha value is -0.670. The van der Waals surface area contributed by atoms with Crippen LogP contribution in [0.5, 0.6) is 0 Å². The van der Waals surface area contributed by atoms with Gasteiger partial charge in [0.1, 0.15) is 4.21 Å². The van der Waals surface area contributed by atoms with Gasteiger partial charge in [-0.2, -0.15) is 0 Å². The molecule has 0 fully saturated rings. The first-order valence-electron chi connectivity index (χ1n) is 6.15. The van der Waals surface area contributed by atoms with Gasteiger partial charge >= 0.3 is 0 Å². The summed E-state index contributed by atoms with van der Waals surface area (Å²) in [6.45, 7) is 4.57. The Balaban J connectivity index is 0.00000400. The van der Waals surface area contributed by atoms with Crippen molar-refractivity contribution in [2.24, 2.45) is 11.1 Å². The van der Waals surface area contributed by atoms with Crippen LogP contribution in [-0.4, -0.2) is 45.9 Å². The molecule has 9 heteroatoms. The maximum absolute atomic E-state index is 11.9. The Bertz CT molecular complexity index is 544. The van der Waals surface area contributed by atoms with E-state index in [1.54, 1.807) is 18.5 Å². The van der Waals surface area contributed by atoms with E-state index in [2.05, 4.69) is 4.72 Å². The number of nitrogens with one attached hydrogen (secondary N) is 1. The fourth-order valence-corrected chi connectivity index (χ4v) is 3.59. The van der Waals surface area contributed by atoms with E-state index in [-0.39, 0.29) is 34.5 Å². The number of carbonyl (C=O) groups excluding carboxylic acids is 1.